The molecule has 1 aliphatic heterocycles. The van der Waals surface area contributed by atoms with Gasteiger partial charge in [0.05, 0.1) is 11.6 Å². The van der Waals surface area contributed by atoms with E-state index < -0.39 is 5.97 Å². The summed E-state index contributed by atoms with van der Waals surface area (Å²) in [4.78, 5) is 11.4. The fraction of sp³-hybridized carbons (Fsp3) is 0.192. The van der Waals surface area contributed by atoms with E-state index in [1.165, 1.54) is 5.56 Å². The Bertz CT molecular complexity index is 1160. The number of carboxylic acid groups (broad SMARTS) is 1. The monoisotopic (exact) mass is 431 g/mol. The van der Waals surface area contributed by atoms with Gasteiger partial charge >= 0.3 is 5.97 Å². The average Bonchev–Trinajstić information content (AvgIpc) is 3.28. The largest absolute Gasteiger partial charge is 0.489 e. The molecule has 5 heteroatoms. The van der Waals surface area contributed by atoms with E-state index in [9.17, 15) is 9.90 Å². The van der Waals surface area contributed by atoms with Crippen molar-refractivity contribution in [2.45, 2.75) is 25.0 Å². The highest BCUT2D eigenvalue weighted by molar-refractivity contribution is 6.31. The van der Waals surface area contributed by atoms with Gasteiger partial charge in [-0.15, -0.1) is 0 Å². The molecule has 0 saturated carbocycles. The molecule has 4 nitrogen and oxygen atoms in total. The smallest absolute Gasteiger partial charge is 0.335 e. The third kappa shape index (κ3) is 3.79. The predicted octanol–water partition coefficient (Wildman–Crippen LogP) is 6.44. The maximum absolute atomic E-state index is 11.4. The summed E-state index contributed by atoms with van der Waals surface area (Å²) in [5.74, 6) is 0.478. The first-order chi connectivity index (χ1) is 15.1. The zero-order chi connectivity index (χ0) is 21.4. The number of nitrogens with one attached hydrogen (secondary N) is 1. The topological polar surface area (TPSA) is 58.6 Å². The van der Waals surface area contributed by atoms with Gasteiger partial charge in [-0.05, 0) is 59.9 Å². The second-order valence-corrected chi connectivity index (χ2v) is 8.44. The highest BCUT2D eigenvalue weighted by atomic mass is 35.5. The molecule has 2 aliphatic rings. The Kier molecular flexibility index (Phi) is 5.16. The van der Waals surface area contributed by atoms with Crippen molar-refractivity contribution in [1.82, 2.24) is 0 Å². The Morgan fingerprint density at radius 1 is 1.10 bits per heavy atom. The fourth-order valence-corrected chi connectivity index (χ4v) is 4.80. The lowest BCUT2D eigenvalue weighted by atomic mass is 9.76. The molecule has 2 N–H and O–H groups in total. The van der Waals surface area contributed by atoms with Crippen LogP contribution in [0.25, 0.3) is 0 Å². The Balaban J connectivity index is 1.35. The van der Waals surface area contributed by atoms with Crippen molar-refractivity contribution in [3.63, 3.8) is 0 Å². The van der Waals surface area contributed by atoms with Crippen LogP contribution in [0.3, 0.4) is 0 Å². The molecule has 1 heterocycles. The molecule has 3 aromatic rings. The van der Waals surface area contributed by atoms with Gasteiger partial charge in [0.2, 0.25) is 0 Å². The number of rotatable bonds is 5. The summed E-state index contributed by atoms with van der Waals surface area (Å²) in [6.45, 7) is 0.425. The Morgan fingerprint density at radius 3 is 2.68 bits per heavy atom. The zero-order valence-corrected chi connectivity index (χ0v) is 17.5. The number of aromatic carboxylic acids is 1. The molecule has 31 heavy (non-hydrogen) atoms. The molecular weight excluding hydrogens is 410 g/mol. The van der Waals surface area contributed by atoms with Crippen molar-refractivity contribution in [2.24, 2.45) is 5.92 Å². The van der Waals surface area contributed by atoms with Gasteiger partial charge in [0.25, 0.3) is 0 Å². The molecule has 0 bridgehead atoms. The minimum absolute atomic E-state index is 0.154. The Hall–Kier alpha value is -3.24. The van der Waals surface area contributed by atoms with Crippen LogP contribution in [-0.4, -0.2) is 11.1 Å². The maximum Gasteiger partial charge on any atom is 0.335 e. The first-order valence-corrected chi connectivity index (χ1v) is 10.7. The van der Waals surface area contributed by atoms with Crippen LogP contribution in [0.4, 0.5) is 5.69 Å². The van der Waals surface area contributed by atoms with E-state index in [1.807, 2.05) is 42.5 Å². The maximum atomic E-state index is 11.4. The van der Waals surface area contributed by atoms with E-state index in [0.29, 0.717) is 23.1 Å². The van der Waals surface area contributed by atoms with Crippen LogP contribution in [0.15, 0.2) is 78.9 Å². The van der Waals surface area contributed by atoms with Crippen molar-refractivity contribution < 1.29 is 14.6 Å². The van der Waals surface area contributed by atoms with Crippen LogP contribution in [0.2, 0.25) is 5.02 Å². The number of carbonyl (C=O) groups is 1. The van der Waals surface area contributed by atoms with Gasteiger partial charge in [-0.3, -0.25) is 0 Å². The van der Waals surface area contributed by atoms with Crippen LogP contribution in [0.1, 0.15) is 45.4 Å². The van der Waals surface area contributed by atoms with Gasteiger partial charge < -0.3 is 15.2 Å². The predicted molar refractivity (Wildman–Crippen MR) is 122 cm³/mol. The lowest BCUT2D eigenvalue weighted by molar-refractivity contribution is 0.0696. The number of fused-ring (bicyclic) bond motifs is 3. The minimum Gasteiger partial charge on any atom is -0.489 e. The van der Waals surface area contributed by atoms with Crippen LogP contribution in [0, 0.1) is 5.92 Å². The van der Waals surface area contributed by atoms with Gasteiger partial charge in [-0.2, -0.15) is 0 Å². The van der Waals surface area contributed by atoms with Gasteiger partial charge in [0.15, 0.2) is 0 Å². The van der Waals surface area contributed by atoms with Gasteiger partial charge in [-0.1, -0.05) is 54.1 Å². The summed E-state index contributed by atoms with van der Waals surface area (Å²) in [6.07, 6.45) is 5.38. The normalized spacial score (nSPS) is 21.1. The number of hydrogen-bond acceptors (Lipinski definition) is 3. The minimum atomic E-state index is -0.893. The summed E-state index contributed by atoms with van der Waals surface area (Å²) in [5, 5.41) is 13.7. The highest BCUT2D eigenvalue weighted by Crippen LogP contribution is 2.50. The van der Waals surface area contributed by atoms with Crippen LogP contribution in [0.5, 0.6) is 5.75 Å². The molecule has 0 aromatic heterocycles. The summed E-state index contributed by atoms with van der Waals surface area (Å²) in [6, 6.07) is 21.4. The first-order valence-electron chi connectivity index (χ1n) is 10.4. The lowest BCUT2D eigenvalue weighted by Crippen LogP contribution is -2.29. The molecule has 156 valence electrons. The Morgan fingerprint density at radius 2 is 1.90 bits per heavy atom. The highest BCUT2D eigenvalue weighted by Gasteiger charge is 2.38. The van der Waals surface area contributed by atoms with E-state index >= 15 is 0 Å². The van der Waals surface area contributed by atoms with E-state index in [-0.39, 0.29) is 12.0 Å². The molecule has 5 rings (SSSR count). The number of anilines is 1. The molecule has 0 radical (unpaired) electrons. The molecule has 0 saturated heterocycles. The van der Waals surface area contributed by atoms with Gasteiger partial charge in [0, 0.05) is 22.2 Å². The van der Waals surface area contributed by atoms with Crippen LogP contribution < -0.4 is 10.1 Å². The molecule has 3 atom stereocenters. The zero-order valence-electron chi connectivity index (χ0n) is 16.8. The van der Waals surface area contributed by atoms with Crippen molar-refractivity contribution in [1.29, 1.82) is 0 Å². The third-order valence-electron chi connectivity index (χ3n) is 6.20. The molecule has 0 amide bonds. The number of carboxylic acids is 1. The quantitative estimate of drug-likeness (QED) is 0.456. The number of benzene rings is 3. The first kappa shape index (κ1) is 19.7. The van der Waals surface area contributed by atoms with Crippen molar-refractivity contribution >= 4 is 23.3 Å². The average molecular weight is 432 g/mol. The summed E-state index contributed by atoms with van der Waals surface area (Å²) < 4.78 is 5.92. The third-order valence-corrected chi connectivity index (χ3v) is 6.57. The van der Waals surface area contributed by atoms with Crippen molar-refractivity contribution in [3.05, 3.63) is 106 Å². The summed E-state index contributed by atoms with van der Waals surface area (Å²) in [7, 11) is 0. The van der Waals surface area contributed by atoms with Gasteiger partial charge in [0.1, 0.15) is 12.4 Å². The number of ether oxygens (including phenoxy) is 1. The lowest BCUT2D eigenvalue weighted by Gasteiger charge is -2.37. The van der Waals surface area contributed by atoms with Crippen molar-refractivity contribution in [2.75, 3.05) is 5.32 Å². The van der Waals surface area contributed by atoms with Crippen LogP contribution in [-0.2, 0) is 6.61 Å². The SMILES string of the molecule is O=C(O)c1ccc2c(c1)[C@@H]1C=CC[C@@H]1[C@H](c1ccc(OCc3ccccc3Cl)cc1)N2. The molecule has 3 aromatic carbocycles. The Labute approximate surface area is 186 Å². The summed E-state index contributed by atoms with van der Waals surface area (Å²) in [5.41, 5.74) is 4.55. The van der Waals surface area contributed by atoms with Crippen LogP contribution >= 0.6 is 11.6 Å². The van der Waals surface area contributed by atoms with E-state index in [1.54, 1.807) is 12.1 Å². The molecule has 0 spiro atoms. The fourth-order valence-electron chi connectivity index (χ4n) is 4.61. The van der Waals surface area contributed by atoms with Gasteiger partial charge in [-0.25, -0.2) is 4.79 Å². The molecule has 1 aliphatic carbocycles. The number of halogens is 1. The standard InChI is InChI=1S/C26H22ClNO3/c27-23-7-2-1-4-18(23)15-31-19-11-8-16(9-12-19)25-21-6-3-5-20(21)22-14-17(26(29)30)10-13-24(22)28-25/h1-5,7-14,20-21,25,28H,6,15H2,(H,29,30)/t20-,21+,25+/m1/s1. The van der Waals surface area contributed by atoms with E-state index in [4.69, 9.17) is 16.3 Å². The number of allylic oxidation sites excluding steroid dienone is 2. The molecule has 0 fully saturated rings. The summed E-state index contributed by atoms with van der Waals surface area (Å²) >= 11 is 6.21. The van der Waals surface area contributed by atoms with Crippen molar-refractivity contribution in [3.8, 4) is 5.75 Å². The van der Waals surface area contributed by atoms with E-state index in [2.05, 4.69) is 29.6 Å². The van der Waals surface area contributed by atoms with E-state index in [0.717, 1.165) is 29.0 Å². The molecule has 0 unspecified atom stereocenters. The second kappa shape index (κ2) is 8.12. The molecular formula is C26H22ClNO3. The number of hydrogen-bond donors (Lipinski definition) is 2. The second-order valence-electron chi connectivity index (χ2n) is 8.03.